The number of hydrogen-bond acceptors (Lipinski definition) is 2. The fourth-order valence-electron chi connectivity index (χ4n) is 2.08. The van der Waals surface area contributed by atoms with Gasteiger partial charge in [-0.1, -0.05) is 26.0 Å². The molecule has 5 heteroatoms. The molecule has 1 N–H and O–H groups in total. The smallest absolute Gasteiger partial charge is 0.242 e. The molecule has 122 valence electrons. The molecule has 0 aliphatic carbocycles. The first-order valence-corrected chi connectivity index (χ1v) is 7.60. The summed E-state index contributed by atoms with van der Waals surface area (Å²) in [7, 11) is 0. The molecule has 4 nitrogen and oxygen atoms in total. The average Bonchev–Trinajstić information content (AvgIpc) is 2.45. The summed E-state index contributed by atoms with van der Waals surface area (Å²) in [5.74, 6) is -0.162. The van der Waals surface area contributed by atoms with Crippen LogP contribution in [0.4, 0.5) is 4.39 Å². The van der Waals surface area contributed by atoms with Gasteiger partial charge in [0.15, 0.2) is 0 Å². The van der Waals surface area contributed by atoms with Gasteiger partial charge in [0.2, 0.25) is 11.8 Å². The number of nitrogens with one attached hydrogen (secondary N) is 1. The van der Waals surface area contributed by atoms with Gasteiger partial charge >= 0.3 is 0 Å². The van der Waals surface area contributed by atoms with Crippen molar-refractivity contribution in [2.45, 2.75) is 46.7 Å². The maximum absolute atomic E-state index is 12.9. The van der Waals surface area contributed by atoms with Gasteiger partial charge in [0, 0.05) is 20.0 Å². The lowest BCUT2D eigenvalue weighted by atomic mass is 10.1. The maximum Gasteiger partial charge on any atom is 0.242 e. The van der Waals surface area contributed by atoms with Crippen LogP contribution < -0.4 is 5.32 Å². The molecule has 1 atom stereocenters. The van der Waals surface area contributed by atoms with Gasteiger partial charge in [-0.25, -0.2) is 4.39 Å². The van der Waals surface area contributed by atoms with E-state index >= 15 is 0 Å². The van der Waals surface area contributed by atoms with Crippen LogP contribution >= 0.6 is 0 Å². The average molecular weight is 308 g/mol. The number of hydrogen-bond donors (Lipinski definition) is 1. The van der Waals surface area contributed by atoms with Crippen molar-refractivity contribution in [1.82, 2.24) is 10.2 Å². The second-order valence-electron chi connectivity index (χ2n) is 5.92. The van der Waals surface area contributed by atoms with E-state index < -0.39 is 6.04 Å². The van der Waals surface area contributed by atoms with Gasteiger partial charge in [0.05, 0.1) is 0 Å². The molecular weight excluding hydrogens is 283 g/mol. The van der Waals surface area contributed by atoms with Crippen LogP contribution in [-0.2, 0) is 16.1 Å². The Labute approximate surface area is 131 Å². The predicted molar refractivity (Wildman–Crippen MR) is 84.6 cm³/mol. The van der Waals surface area contributed by atoms with E-state index in [-0.39, 0.29) is 24.2 Å². The third kappa shape index (κ3) is 5.84. The van der Waals surface area contributed by atoms with Gasteiger partial charge in [0.25, 0.3) is 0 Å². The van der Waals surface area contributed by atoms with Crippen molar-refractivity contribution in [2.24, 2.45) is 5.92 Å². The normalized spacial score (nSPS) is 12.1. The molecule has 22 heavy (non-hydrogen) atoms. The molecule has 0 unspecified atom stereocenters. The summed E-state index contributed by atoms with van der Waals surface area (Å²) in [5.41, 5.74) is 0.790. The van der Waals surface area contributed by atoms with Gasteiger partial charge in [-0.05, 0) is 37.0 Å². The Hall–Kier alpha value is -1.91. The number of carbonyl (C=O) groups is 2. The summed E-state index contributed by atoms with van der Waals surface area (Å²) < 4.78 is 12.9. The van der Waals surface area contributed by atoms with Crippen LogP contribution in [0.3, 0.4) is 0 Å². The van der Waals surface area contributed by atoms with Crippen molar-refractivity contribution < 1.29 is 14.0 Å². The molecule has 0 spiro atoms. The zero-order valence-electron chi connectivity index (χ0n) is 13.7. The summed E-state index contributed by atoms with van der Waals surface area (Å²) in [6.07, 6.45) is 0.899. The van der Waals surface area contributed by atoms with Crippen molar-refractivity contribution >= 4 is 11.8 Å². The Morgan fingerprint density at radius 1 is 1.18 bits per heavy atom. The first-order valence-electron chi connectivity index (χ1n) is 7.60. The molecule has 0 saturated heterocycles. The number of rotatable bonds is 7. The highest BCUT2D eigenvalue weighted by molar-refractivity contribution is 5.86. The third-order valence-electron chi connectivity index (χ3n) is 3.54. The van der Waals surface area contributed by atoms with Crippen molar-refractivity contribution in [3.05, 3.63) is 35.6 Å². The molecule has 0 aliphatic heterocycles. The molecule has 0 heterocycles. The Morgan fingerprint density at radius 3 is 2.27 bits per heavy atom. The van der Waals surface area contributed by atoms with E-state index in [2.05, 4.69) is 19.2 Å². The monoisotopic (exact) mass is 308 g/mol. The lowest BCUT2D eigenvalue weighted by molar-refractivity contribution is -0.139. The molecule has 0 aromatic heterocycles. The molecule has 0 saturated carbocycles. The third-order valence-corrected chi connectivity index (χ3v) is 3.54. The number of amides is 2. The Morgan fingerprint density at radius 2 is 1.77 bits per heavy atom. The Kier molecular flexibility index (Phi) is 7.02. The van der Waals surface area contributed by atoms with E-state index in [1.807, 2.05) is 0 Å². The van der Waals surface area contributed by atoms with E-state index in [4.69, 9.17) is 0 Å². The van der Waals surface area contributed by atoms with Crippen LogP contribution in [0.25, 0.3) is 0 Å². The summed E-state index contributed by atoms with van der Waals surface area (Å²) in [6.45, 7) is 8.20. The second kappa shape index (κ2) is 8.51. The van der Waals surface area contributed by atoms with Crippen molar-refractivity contribution in [3.8, 4) is 0 Å². The first kappa shape index (κ1) is 18.1. The van der Waals surface area contributed by atoms with Crippen molar-refractivity contribution in [3.63, 3.8) is 0 Å². The highest BCUT2D eigenvalue weighted by Gasteiger charge is 2.23. The summed E-state index contributed by atoms with van der Waals surface area (Å²) in [4.78, 5) is 25.4. The van der Waals surface area contributed by atoms with Gasteiger partial charge < -0.3 is 10.2 Å². The minimum Gasteiger partial charge on any atom is -0.354 e. The summed E-state index contributed by atoms with van der Waals surface area (Å²) in [6, 6.07) is 5.38. The fourth-order valence-corrected chi connectivity index (χ4v) is 2.08. The number of halogens is 1. The standard InChI is InChI=1S/C17H25FN2O2/c1-12(2)9-10-19-17(22)13(3)20(14(4)21)11-15-5-7-16(18)8-6-15/h5-8,12-13H,9-11H2,1-4H3,(H,19,22)/t13-/m1/s1. The van der Waals surface area contributed by atoms with Crippen LogP contribution in [-0.4, -0.2) is 29.3 Å². The van der Waals surface area contributed by atoms with Crippen molar-refractivity contribution in [1.29, 1.82) is 0 Å². The highest BCUT2D eigenvalue weighted by atomic mass is 19.1. The van der Waals surface area contributed by atoms with E-state index in [0.29, 0.717) is 12.5 Å². The van der Waals surface area contributed by atoms with E-state index in [9.17, 15) is 14.0 Å². The van der Waals surface area contributed by atoms with E-state index in [1.165, 1.54) is 24.0 Å². The summed E-state index contributed by atoms with van der Waals surface area (Å²) in [5, 5.41) is 2.85. The van der Waals surface area contributed by atoms with Gasteiger partial charge in [-0.3, -0.25) is 9.59 Å². The van der Waals surface area contributed by atoms with Crippen LogP contribution in [0.5, 0.6) is 0 Å². The SMILES string of the molecule is CC(=O)N(Cc1ccc(F)cc1)[C@H](C)C(=O)NCCC(C)C. The van der Waals surface area contributed by atoms with Crippen molar-refractivity contribution in [2.75, 3.05) is 6.54 Å². The quantitative estimate of drug-likeness (QED) is 0.842. The van der Waals surface area contributed by atoms with Crippen LogP contribution in [0, 0.1) is 11.7 Å². The first-order chi connectivity index (χ1) is 10.3. The maximum atomic E-state index is 12.9. The lowest BCUT2D eigenvalue weighted by Crippen LogP contribution is -2.47. The van der Waals surface area contributed by atoms with Crippen LogP contribution in [0.2, 0.25) is 0 Å². The molecule has 0 bridgehead atoms. The predicted octanol–water partition coefficient (Wildman–Crippen LogP) is 2.73. The number of carbonyl (C=O) groups excluding carboxylic acids is 2. The minimum absolute atomic E-state index is 0.169. The summed E-state index contributed by atoms with van der Waals surface area (Å²) >= 11 is 0. The Bertz CT molecular complexity index is 500. The highest BCUT2D eigenvalue weighted by Crippen LogP contribution is 2.10. The molecule has 1 aromatic rings. The van der Waals surface area contributed by atoms with Gasteiger partial charge in [-0.15, -0.1) is 0 Å². The molecular formula is C17H25FN2O2. The molecule has 1 rings (SSSR count). The van der Waals surface area contributed by atoms with Crippen LogP contribution in [0.1, 0.15) is 39.7 Å². The van der Waals surface area contributed by atoms with E-state index in [1.54, 1.807) is 19.1 Å². The molecule has 2 amide bonds. The topological polar surface area (TPSA) is 49.4 Å². The molecule has 0 radical (unpaired) electrons. The van der Waals surface area contributed by atoms with Gasteiger partial charge in [-0.2, -0.15) is 0 Å². The fraction of sp³-hybridized carbons (Fsp3) is 0.529. The molecule has 0 fully saturated rings. The lowest BCUT2D eigenvalue weighted by Gasteiger charge is -2.27. The van der Waals surface area contributed by atoms with Gasteiger partial charge in [0.1, 0.15) is 11.9 Å². The molecule has 0 aliphatic rings. The zero-order valence-corrected chi connectivity index (χ0v) is 13.7. The number of benzene rings is 1. The second-order valence-corrected chi connectivity index (χ2v) is 5.92. The molecule has 1 aromatic carbocycles. The van der Waals surface area contributed by atoms with E-state index in [0.717, 1.165) is 12.0 Å². The Balaban J connectivity index is 2.67. The number of nitrogens with zero attached hydrogens (tertiary/aromatic N) is 1. The minimum atomic E-state index is -0.560. The largest absolute Gasteiger partial charge is 0.354 e. The van der Waals surface area contributed by atoms with Crippen LogP contribution in [0.15, 0.2) is 24.3 Å². The zero-order chi connectivity index (χ0) is 16.7.